The number of nitrogens with zero attached hydrogens (tertiary/aromatic N) is 1. The van der Waals surface area contributed by atoms with Crippen molar-refractivity contribution in [2.24, 2.45) is 0 Å². The first kappa shape index (κ1) is 14.4. The molecule has 0 spiro atoms. The molecule has 0 aliphatic rings. The molecule has 1 rings (SSSR count). The van der Waals surface area contributed by atoms with Gasteiger partial charge in [-0.05, 0) is 6.07 Å². The highest BCUT2D eigenvalue weighted by atomic mass is 79.9. The molecule has 0 saturated carbocycles. The second kappa shape index (κ2) is 6.34. The highest BCUT2D eigenvalue weighted by Gasteiger charge is 2.20. The average molecular weight is 318 g/mol. The number of halogens is 1. The van der Waals surface area contributed by atoms with E-state index >= 15 is 0 Å². The van der Waals surface area contributed by atoms with Crippen LogP contribution in [0.1, 0.15) is 18.4 Å². The molecule has 0 N–H and O–H groups in total. The van der Waals surface area contributed by atoms with E-state index < -0.39 is 11.1 Å². The number of carbonyl (C=O) groups is 1. The quantitative estimate of drug-likeness (QED) is 0.484. The molecule has 0 fully saturated rings. The molecule has 0 saturated heterocycles. The molecule has 6 nitrogen and oxygen atoms in total. The summed E-state index contributed by atoms with van der Waals surface area (Å²) in [5.74, 6) is -0.294. The molecule has 7 heteroatoms. The van der Waals surface area contributed by atoms with Crippen molar-refractivity contribution in [2.75, 3.05) is 13.7 Å². The fourth-order valence-corrected chi connectivity index (χ4v) is 1.78. The Morgan fingerprint density at radius 3 is 2.78 bits per heavy atom. The van der Waals surface area contributed by atoms with Crippen LogP contribution in [0, 0.1) is 10.1 Å². The molecule has 0 aliphatic heterocycles. The molecule has 1 aromatic rings. The fraction of sp³-hybridized carbons (Fsp3) is 0.364. The third-order valence-electron chi connectivity index (χ3n) is 2.34. The summed E-state index contributed by atoms with van der Waals surface area (Å²) in [5.41, 5.74) is 0.498. The standard InChI is InChI=1S/C11H12BrNO5/c1-7(6-18-11(14)17-2)9-4-3-8(12)5-10(9)13(15)16/h3-5,7H,6H2,1-2H3. The molecular formula is C11H12BrNO5. The first-order valence-corrected chi connectivity index (χ1v) is 5.89. The average Bonchev–Trinajstić information content (AvgIpc) is 2.35. The zero-order valence-electron chi connectivity index (χ0n) is 9.88. The second-order valence-corrected chi connectivity index (χ2v) is 4.54. The zero-order valence-corrected chi connectivity index (χ0v) is 11.5. The molecule has 18 heavy (non-hydrogen) atoms. The summed E-state index contributed by atoms with van der Waals surface area (Å²) in [6.45, 7) is 1.76. The lowest BCUT2D eigenvalue weighted by Gasteiger charge is -2.12. The van der Waals surface area contributed by atoms with Gasteiger partial charge in [0, 0.05) is 22.0 Å². The topological polar surface area (TPSA) is 78.7 Å². The van der Waals surface area contributed by atoms with Crippen LogP contribution in [0.25, 0.3) is 0 Å². The molecule has 0 aromatic heterocycles. The normalized spacial score (nSPS) is 11.7. The van der Waals surface area contributed by atoms with Crippen LogP contribution in [0.5, 0.6) is 0 Å². The Labute approximate surface area is 112 Å². The Kier molecular flexibility index (Phi) is 5.08. The smallest absolute Gasteiger partial charge is 0.438 e. The van der Waals surface area contributed by atoms with Gasteiger partial charge in [0.2, 0.25) is 0 Å². The largest absolute Gasteiger partial charge is 0.507 e. The van der Waals surface area contributed by atoms with Gasteiger partial charge >= 0.3 is 6.16 Å². The van der Waals surface area contributed by atoms with Gasteiger partial charge in [-0.15, -0.1) is 0 Å². The van der Waals surface area contributed by atoms with Crippen molar-refractivity contribution < 1.29 is 19.2 Å². The molecule has 0 radical (unpaired) electrons. The van der Waals surface area contributed by atoms with Crippen LogP contribution in [0.3, 0.4) is 0 Å². The second-order valence-electron chi connectivity index (χ2n) is 3.63. The van der Waals surface area contributed by atoms with E-state index in [4.69, 9.17) is 4.74 Å². The Morgan fingerprint density at radius 1 is 1.56 bits per heavy atom. The summed E-state index contributed by atoms with van der Waals surface area (Å²) in [4.78, 5) is 21.3. The van der Waals surface area contributed by atoms with Crippen LogP contribution >= 0.6 is 15.9 Å². The summed E-state index contributed by atoms with van der Waals surface area (Å²) in [5, 5.41) is 10.9. The van der Waals surface area contributed by atoms with Gasteiger partial charge in [-0.25, -0.2) is 4.79 Å². The SMILES string of the molecule is COC(=O)OCC(C)c1ccc(Br)cc1[N+](=O)[O-]. The minimum Gasteiger partial charge on any atom is -0.438 e. The predicted molar refractivity (Wildman–Crippen MR) is 67.6 cm³/mol. The molecule has 0 amide bonds. The van der Waals surface area contributed by atoms with Crippen molar-refractivity contribution >= 4 is 27.8 Å². The van der Waals surface area contributed by atoms with Crippen LogP contribution < -0.4 is 0 Å². The molecule has 0 heterocycles. The van der Waals surface area contributed by atoms with Crippen molar-refractivity contribution in [1.82, 2.24) is 0 Å². The van der Waals surface area contributed by atoms with E-state index in [0.29, 0.717) is 10.0 Å². The van der Waals surface area contributed by atoms with Gasteiger partial charge in [-0.1, -0.05) is 28.9 Å². The number of carbonyl (C=O) groups excluding carboxylic acids is 1. The highest BCUT2D eigenvalue weighted by Crippen LogP contribution is 2.29. The van der Waals surface area contributed by atoms with Gasteiger partial charge in [-0.3, -0.25) is 10.1 Å². The first-order chi connectivity index (χ1) is 8.45. The molecule has 0 bridgehead atoms. The summed E-state index contributed by atoms with van der Waals surface area (Å²) in [6, 6.07) is 4.76. The third kappa shape index (κ3) is 3.69. The summed E-state index contributed by atoms with van der Waals surface area (Å²) < 4.78 is 9.73. The van der Waals surface area contributed by atoms with E-state index in [1.165, 1.54) is 13.2 Å². The molecular weight excluding hydrogens is 306 g/mol. The lowest BCUT2D eigenvalue weighted by atomic mass is 10.0. The Bertz CT molecular complexity index is 463. The van der Waals surface area contributed by atoms with E-state index in [1.807, 2.05) is 0 Å². The van der Waals surface area contributed by atoms with Crippen LogP contribution in [-0.2, 0) is 9.47 Å². The Hall–Kier alpha value is -1.63. The maximum absolute atomic E-state index is 10.9. The van der Waals surface area contributed by atoms with Crippen molar-refractivity contribution in [1.29, 1.82) is 0 Å². The summed E-state index contributed by atoms with van der Waals surface area (Å²) in [7, 11) is 1.20. The minimum atomic E-state index is -0.804. The van der Waals surface area contributed by atoms with Gasteiger partial charge in [0.15, 0.2) is 0 Å². The number of methoxy groups -OCH3 is 1. The molecule has 1 atom stereocenters. The van der Waals surface area contributed by atoms with Gasteiger partial charge in [0.05, 0.1) is 12.0 Å². The van der Waals surface area contributed by atoms with E-state index in [1.54, 1.807) is 19.1 Å². The van der Waals surface area contributed by atoms with E-state index in [-0.39, 0.29) is 18.2 Å². The van der Waals surface area contributed by atoms with Gasteiger partial charge < -0.3 is 9.47 Å². The van der Waals surface area contributed by atoms with Crippen LogP contribution in [0.2, 0.25) is 0 Å². The van der Waals surface area contributed by atoms with Crippen molar-refractivity contribution in [3.8, 4) is 0 Å². The van der Waals surface area contributed by atoms with Gasteiger partial charge in [0.1, 0.15) is 6.61 Å². The zero-order chi connectivity index (χ0) is 13.7. The van der Waals surface area contributed by atoms with E-state index in [9.17, 15) is 14.9 Å². The molecule has 98 valence electrons. The first-order valence-electron chi connectivity index (χ1n) is 5.10. The number of rotatable bonds is 4. The number of benzene rings is 1. The van der Waals surface area contributed by atoms with E-state index in [0.717, 1.165) is 0 Å². The lowest BCUT2D eigenvalue weighted by Crippen LogP contribution is -2.11. The number of nitro benzene ring substituents is 1. The lowest BCUT2D eigenvalue weighted by molar-refractivity contribution is -0.385. The van der Waals surface area contributed by atoms with Crippen LogP contribution in [-0.4, -0.2) is 24.8 Å². The maximum atomic E-state index is 10.9. The van der Waals surface area contributed by atoms with Crippen molar-refractivity contribution in [3.05, 3.63) is 38.3 Å². The van der Waals surface area contributed by atoms with E-state index in [2.05, 4.69) is 20.7 Å². The Balaban J connectivity index is 2.88. The highest BCUT2D eigenvalue weighted by molar-refractivity contribution is 9.10. The summed E-state index contributed by atoms with van der Waals surface area (Å²) >= 11 is 3.18. The third-order valence-corrected chi connectivity index (χ3v) is 2.83. The number of ether oxygens (including phenoxy) is 2. The minimum absolute atomic E-state index is 0.00894. The summed E-state index contributed by atoms with van der Waals surface area (Å²) in [6.07, 6.45) is -0.804. The maximum Gasteiger partial charge on any atom is 0.507 e. The fourth-order valence-electron chi connectivity index (χ4n) is 1.43. The Morgan fingerprint density at radius 2 is 2.22 bits per heavy atom. The molecule has 1 aromatic carbocycles. The van der Waals surface area contributed by atoms with Crippen LogP contribution in [0.15, 0.2) is 22.7 Å². The predicted octanol–water partition coefficient (Wildman–Crippen LogP) is 3.24. The van der Waals surface area contributed by atoms with Crippen molar-refractivity contribution in [3.63, 3.8) is 0 Å². The van der Waals surface area contributed by atoms with Crippen LogP contribution in [0.4, 0.5) is 10.5 Å². The number of hydrogen-bond donors (Lipinski definition) is 0. The molecule has 0 aliphatic carbocycles. The molecule has 1 unspecified atom stereocenters. The number of nitro groups is 1. The van der Waals surface area contributed by atoms with Crippen molar-refractivity contribution in [2.45, 2.75) is 12.8 Å². The van der Waals surface area contributed by atoms with Gasteiger partial charge in [-0.2, -0.15) is 0 Å². The number of hydrogen-bond acceptors (Lipinski definition) is 5. The monoisotopic (exact) mass is 317 g/mol. The van der Waals surface area contributed by atoms with Gasteiger partial charge in [0.25, 0.3) is 5.69 Å².